The first-order chi connectivity index (χ1) is 12.2. The summed E-state index contributed by atoms with van der Waals surface area (Å²) in [7, 11) is 0. The molecule has 1 atom stereocenters. The van der Waals surface area contributed by atoms with Crippen LogP contribution in [0.25, 0.3) is 0 Å². The van der Waals surface area contributed by atoms with Crippen molar-refractivity contribution >= 4 is 12.0 Å². The molecule has 3 rings (SSSR count). The molecule has 0 radical (unpaired) electrons. The molecule has 2 heterocycles. The number of aromatic nitrogens is 2. The monoisotopic (exact) mass is 362 g/mol. The van der Waals surface area contributed by atoms with Crippen molar-refractivity contribution in [1.29, 1.82) is 0 Å². The minimum Gasteiger partial charge on any atom is -0.444 e. The quantitative estimate of drug-likeness (QED) is 0.803. The summed E-state index contributed by atoms with van der Waals surface area (Å²) in [5.41, 5.74) is 0.989. The first-order valence-corrected chi connectivity index (χ1v) is 9.07. The predicted octanol–water partition coefficient (Wildman–Crippen LogP) is 0.954. The molecule has 1 saturated heterocycles. The summed E-state index contributed by atoms with van der Waals surface area (Å²) in [6.45, 7) is 7.49. The molecular formula is C18H26N4O4. The van der Waals surface area contributed by atoms with E-state index in [0.717, 1.165) is 17.7 Å². The number of rotatable bonds is 1. The highest BCUT2D eigenvalue weighted by Gasteiger charge is 2.32. The second kappa shape index (κ2) is 7.09. The predicted molar refractivity (Wildman–Crippen MR) is 94.8 cm³/mol. The second-order valence-corrected chi connectivity index (χ2v) is 7.94. The Bertz CT molecular complexity index is 744. The minimum atomic E-state index is -0.522. The van der Waals surface area contributed by atoms with Gasteiger partial charge in [-0.1, -0.05) is 0 Å². The van der Waals surface area contributed by atoms with E-state index in [1.165, 1.54) is 0 Å². The lowest BCUT2D eigenvalue weighted by Gasteiger charge is -2.37. The molecule has 0 bridgehead atoms. The van der Waals surface area contributed by atoms with Crippen molar-refractivity contribution in [3.8, 4) is 0 Å². The fourth-order valence-corrected chi connectivity index (χ4v) is 3.44. The van der Waals surface area contributed by atoms with Crippen molar-refractivity contribution < 1.29 is 14.3 Å². The molecule has 8 heteroatoms. The zero-order valence-electron chi connectivity index (χ0n) is 15.6. The number of carbonyl (C=O) groups excluding carboxylic acids is 2. The van der Waals surface area contributed by atoms with Gasteiger partial charge in [-0.05, 0) is 45.6 Å². The van der Waals surface area contributed by atoms with Crippen LogP contribution in [0.1, 0.15) is 38.4 Å². The van der Waals surface area contributed by atoms with Crippen molar-refractivity contribution in [1.82, 2.24) is 20.0 Å². The Balaban J connectivity index is 1.56. The van der Waals surface area contributed by atoms with E-state index < -0.39 is 5.60 Å². The molecule has 8 nitrogen and oxygen atoms in total. The first-order valence-electron chi connectivity index (χ1n) is 9.07. The van der Waals surface area contributed by atoms with Gasteiger partial charge in [-0.25, -0.2) is 9.89 Å². The van der Waals surface area contributed by atoms with Crippen LogP contribution in [0.15, 0.2) is 10.9 Å². The van der Waals surface area contributed by atoms with Gasteiger partial charge in [-0.3, -0.25) is 9.59 Å². The number of aromatic amines is 1. The van der Waals surface area contributed by atoms with E-state index in [4.69, 9.17) is 4.74 Å². The molecule has 142 valence electrons. The Morgan fingerprint density at radius 2 is 1.85 bits per heavy atom. The summed E-state index contributed by atoms with van der Waals surface area (Å²) in [6, 6.07) is 1.54. The SMILES string of the molecule is CC(C)(C)OC(=O)N1CCN(C(=O)C2CCc3n[nH]c(=O)cc3C2)CC1. The number of ether oxygens (including phenoxy) is 1. The van der Waals surface area contributed by atoms with Crippen LogP contribution in [0, 0.1) is 5.92 Å². The fourth-order valence-electron chi connectivity index (χ4n) is 3.44. The number of nitrogens with one attached hydrogen (secondary N) is 1. The van der Waals surface area contributed by atoms with Gasteiger partial charge in [0.2, 0.25) is 5.91 Å². The summed E-state index contributed by atoms with van der Waals surface area (Å²) >= 11 is 0. The van der Waals surface area contributed by atoms with Crippen LogP contribution in [0.2, 0.25) is 0 Å². The van der Waals surface area contributed by atoms with Gasteiger partial charge in [0.1, 0.15) is 5.60 Å². The highest BCUT2D eigenvalue weighted by atomic mass is 16.6. The van der Waals surface area contributed by atoms with Gasteiger partial charge < -0.3 is 14.5 Å². The van der Waals surface area contributed by atoms with Gasteiger partial charge >= 0.3 is 6.09 Å². The van der Waals surface area contributed by atoms with Crippen LogP contribution < -0.4 is 5.56 Å². The molecule has 1 aromatic heterocycles. The number of aryl methyl sites for hydroxylation is 1. The summed E-state index contributed by atoms with van der Waals surface area (Å²) in [4.78, 5) is 39.9. The number of hydrogen-bond acceptors (Lipinski definition) is 5. The number of piperazine rings is 1. The van der Waals surface area contributed by atoms with E-state index in [-0.39, 0.29) is 23.5 Å². The molecule has 2 aliphatic rings. The van der Waals surface area contributed by atoms with Crippen LogP contribution in [0.4, 0.5) is 4.79 Å². The zero-order valence-corrected chi connectivity index (χ0v) is 15.6. The highest BCUT2D eigenvalue weighted by Crippen LogP contribution is 2.25. The van der Waals surface area contributed by atoms with Crippen molar-refractivity contribution in [2.45, 2.75) is 45.6 Å². The topological polar surface area (TPSA) is 95.6 Å². The van der Waals surface area contributed by atoms with E-state index >= 15 is 0 Å². The maximum atomic E-state index is 12.8. The van der Waals surface area contributed by atoms with Crippen molar-refractivity contribution in [3.63, 3.8) is 0 Å². The Labute approximate surface area is 152 Å². The molecule has 0 aromatic carbocycles. The molecule has 2 amide bonds. The molecule has 1 fully saturated rings. The summed E-state index contributed by atoms with van der Waals surface area (Å²) < 4.78 is 5.38. The molecule has 0 saturated carbocycles. The van der Waals surface area contributed by atoms with Gasteiger partial charge in [-0.15, -0.1) is 0 Å². The van der Waals surface area contributed by atoms with E-state index in [1.807, 2.05) is 25.7 Å². The first kappa shape index (κ1) is 18.4. The maximum absolute atomic E-state index is 12.8. The summed E-state index contributed by atoms with van der Waals surface area (Å²) in [5.74, 6) is -0.0288. The van der Waals surface area contributed by atoms with E-state index in [1.54, 1.807) is 11.0 Å². The number of nitrogens with zero attached hydrogens (tertiary/aromatic N) is 3. The van der Waals surface area contributed by atoms with Gasteiger partial charge in [-0.2, -0.15) is 5.10 Å². The third kappa shape index (κ3) is 4.23. The number of H-pyrrole nitrogens is 1. The minimum absolute atomic E-state index is 0.0970. The molecule has 1 aliphatic carbocycles. The number of carbonyl (C=O) groups is 2. The molecule has 0 spiro atoms. The molecule has 1 N–H and O–H groups in total. The average Bonchev–Trinajstić information content (AvgIpc) is 2.59. The second-order valence-electron chi connectivity index (χ2n) is 7.94. The lowest BCUT2D eigenvalue weighted by atomic mass is 9.86. The average molecular weight is 362 g/mol. The fraction of sp³-hybridized carbons (Fsp3) is 0.667. The zero-order chi connectivity index (χ0) is 18.9. The van der Waals surface area contributed by atoms with E-state index in [9.17, 15) is 14.4 Å². The summed E-state index contributed by atoms with van der Waals surface area (Å²) in [5, 5.41) is 6.51. The lowest BCUT2D eigenvalue weighted by molar-refractivity contribution is -0.137. The largest absolute Gasteiger partial charge is 0.444 e. The van der Waals surface area contributed by atoms with Crippen LogP contribution in [0.5, 0.6) is 0 Å². The Kier molecular flexibility index (Phi) is 5.02. The van der Waals surface area contributed by atoms with Gasteiger partial charge in [0.25, 0.3) is 5.56 Å². The van der Waals surface area contributed by atoms with Gasteiger partial charge in [0, 0.05) is 38.2 Å². The highest BCUT2D eigenvalue weighted by molar-refractivity contribution is 5.80. The Morgan fingerprint density at radius 1 is 1.19 bits per heavy atom. The number of fused-ring (bicyclic) bond motifs is 1. The molecule has 1 unspecified atom stereocenters. The standard InChI is InChI=1S/C18H26N4O4/c1-18(2,3)26-17(25)22-8-6-21(7-9-22)16(24)12-4-5-14-13(10-12)11-15(23)20-19-14/h11-12H,4-10H2,1-3H3,(H,20,23). The third-order valence-electron chi connectivity index (χ3n) is 4.77. The van der Waals surface area contributed by atoms with Gasteiger partial charge in [0.05, 0.1) is 5.69 Å². The number of hydrogen-bond donors (Lipinski definition) is 1. The number of amides is 2. The van der Waals surface area contributed by atoms with Crippen LogP contribution in [0.3, 0.4) is 0 Å². The van der Waals surface area contributed by atoms with Crippen molar-refractivity contribution in [3.05, 3.63) is 27.7 Å². The van der Waals surface area contributed by atoms with Gasteiger partial charge in [0.15, 0.2) is 0 Å². The summed E-state index contributed by atoms with van der Waals surface area (Å²) in [6.07, 6.45) is 1.65. The van der Waals surface area contributed by atoms with Crippen molar-refractivity contribution in [2.24, 2.45) is 5.92 Å². The third-order valence-corrected chi connectivity index (χ3v) is 4.77. The van der Waals surface area contributed by atoms with Crippen molar-refractivity contribution in [2.75, 3.05) is 26.2 Å². The smallest absolute Gasteiger partial charge is 0.410 e. The Morgan fingerprint density at radius 3 is 2.50 bits per heavy atom. The Hall–Kier alpha value is -2.38. The van der Waals surface area contributed by atoms with Crippen LogP contribution in [-0.4, -0.2) is 63.8 Å². The molecule has 1 aromatic rings. The molecule has 26 heavy (non-hydrogen) atoms. The van der Waals surface area contributed by atoms with E-state index in [2.05, 4.69) is 10.2 Å². The molecular weight excluding hydrogens is 336 g/mol. The van der Waals surface area contributed by atoms with Crippen LogP contribution in [-0.2, 0) is 22.4 Å². The lowest BCUT2D eigenvalue weighted by Crippen LogP contribution is -2.53. The van der Waals surface area contributed by atoms with Crippen LogP contribution >= 0.6 is 0 Å². The maximum Gasteiger partial charge on any atom is 0.410 e. The normalized spacial score (nSPS) is 20.5. The molecule has 1 aliphatic heterocycles. The van der Waals surface area contributed by atoms with E-state index in [0.29, 0.717) is 39.0 Å².